The summed E-state index contributed by atoms with van der Waals surface area (Å²) in [5.41, 5.74) is 17.3. The SMILES string of the molecule is NCc1ccc(CC(=O)O)c(OCc2cc(-c3ccnc(CN)c3)c3occc3c2)c1. The van der Waals surface area contributed by atoms with E-state index in [0.29, 0.717) is 24.4 Å². The van der Waals surface area contributed by atoms with Crippen LogP contribution in [0, 0.1) is 0 Å². The van der Waals surface area contributed by atoms with E-state index in [2.05, 4.69) is 4.98 Å². The van der Waals surface area contributed by atoms with Gasteiger partial charge in [-0.1, -0.05) is 12.1 Å². The Morgan fingerprint density at radius 2 is 1.90 bits per heavy atom. The number of hydrogen-bond acceptors (Lipinski definition) is 6. The third-order valence-electron chi connectivity index (χ3n) is 5.05. The van der Waals surface area contributed by atoms with Gasteiger partial charge in [0.25, 0.3) is 0 Å². The van der Waals surface area contributed by atoms with Crippen molar-refractivity contribution in [2.45, 2.75) is 26.1 Å². The van der Waals surface area contributed by atoms with Gasteiger partial charge in [-0.2, -0.15) is 0 Å². The van der Waals surface area contributed by atoms with Gasteiger partial charge in [0, 0.05) is 35.8 Å². The molecule has 2 aromatic carbocycles. The first-order chi connectivity index (χ1) is 15.1. The normalized spacial score (nSPS) is 11.0. The monoisotopic (exact) mass is 417 g/mol. The molecule has 7 nitrogen and oxygen atoms in total. The molecule has 0 radical (unpaired) electrons. The van der Waals surface area contributed by atoms with Crippen LogP contribution < -0.4 is 16.2 Å². The Labute approximate surface area is 179 Å². The summed E-state index contributed by atoms with van der Waals surface area (Å²) in [5.74, 6) is -0.394. The molecule has 0 atom stereocenters. The quantitative estimate of drug-likeness (QED) is 0.400. The molecular weight excluding hydrogens is 394 g/mol. The number of carboxylic acid groups (broad SMARTS) is 1. The van der Waals surface area contributed by atoms with Gasteiger partial charge in [-0.3, -0.25) is 9.78 Å². The standard InChI is InChI=1S/C24H23N3O4/c25-12-15-1-2-18(11-23(28)29)22(9-15)31-14-16-7-19-4-6-30-24(19)21(8-16)17-3-5-27-20(10-17)13-26/h1-10H,11-14,25-26H2,(H,28,29). The van der Waals surface area contributed by atoms with Crippen molar-refractivity contribution in [1.82, 2.24) is 4.98 Å². The van der Waals surface area contributed by atoms with Gasteiger partial charge in [0.1, 0.15) is 17.9 Å². The van der Waals surface area contributed by atoms with Gasteiger partial charge in [-0.05, 0) is 53.1 Å². The molecule has 0 aliphatic heterocycles. The van der Waals surface area contributed by atoms with E-state index in [-0.39, 0.29) is 13.0 Å². The lowest BCUT2D eigenvalue weighted by Gasteiger charge is -2.13. The number of fused-ring (bicyclic) bond motifs is 1. The maximum absolute atomic E-state index is 11.2. The number of nitrogens with two attached hydrogens (primary N) is 2. The van der Waals surface area contributed by atoms with Crippen molar-refractivity contribution in [2.75, 3.05) is 0 Å². The molecule has 158 valence electrons. The zero-order valence-electron chi connectivity index (χ0n) is 16.9. The van der Waals surface area contributed by atoms with Crippen LogP contribution in [0.15, 0.2) is 65.4 Å². The summed E-state index contributed by atoms with van der Waals surface area (Å²) in [6.45, 7) is 0.964. The summed E-state index contributed by atoms with van der Waals surface area (Å²) >= 11 is 0. The van der Waals surface area contributed by atoms with E-state index < -0.39 is 5.97 Å². The van der Waals surface area contributed by atoms with E-state index in [4.69, 9.17) is 20.6 Å². The predicted octanol–water partition coefficient (Wildman–Crippen LogP) is 3.62. The lowest BCUT2D eigenvalue weighted by molar-refractivity contribution is -0.136. The number of pyridine rings is 1. The first kappa shape index (κ1) is 20.6. The van der Waals surface area contributed by atoms with E-state index in [1.807, 2.05) is 36.4 Å². The van der Waals surface area contributed by atoms with Crippen molar-refractivity contribution in [3.05, 3.63) is 83.4 Å². The smallest absolute Gasteiger partial charge is 0.307 e. The molecule has 7 heteroatoms. The zero-order valence-corrected chi connectivity index (χ0v) is 16.9. The Balaban J connectivity index is 1.68. The second-order valence-corrected chi connectivity index (χ2v) is 7.23. The molecule has 0 saturated heterocycles. The van der Waals surface area contributed by atoms with Gasteiger partial charge in [0.2, 0.25) is 0 Å². The fourth-order valence-electron chi connectivity index (χ4n) is 3.53. The molecule has 2 aromatic heterocycles. The summed E-state index contributed by atoms with van der Waals surface area (Å²) in [5, 5.41) is 10.1. The number of aliphatic carboxylic acids is 1. The first-order valence-electron chi connectivity index (χ1n) is 9.89. The van der Waals surface area contributed by atoms with Crippen LogP contribution >= 0.6 is 0 Å². The van der Waals surface area contributed by atoms with Gasteiger partial charge in [0.05, 0.1) is 18.4 Å². The minimum Gasteiger partial charge on any atom is -0.489 e. The topological polar surface area (TPSA) is 125 Å². The first-order valence-corrected chi connectivity index (χ1v) is 9.89. The van der Waals surface area contributed by atoms with Crippen molar-refractivity contribution in [2.24, 2.45) is 11.5 Å². The van der Waals surface area contributed by atoms with Crippen molar-refractivity contribution in [3.63, 3.8) is 0 Å². The van der Waals surface area contributed by atoms with Crippen LogP contribution in [0.3, 0.4) is 0 Å². The third kappa shape index (κ3) is 4.58. The van der Waals surface area contributed by atoms with Crippen LogP contribution in [0.25, 0.3) is 22.1 Å². The Bertz CT molecular complexity index is 1230. The van der Waals surface area contributed by atoms with Crippen molar-refractivity contribution >= 4 is 16.9 Å². The number of aromatic nitrogens is 1. The Morgan fingerprint density at radius 1 is 1.03 bits per heavy atom. The van der Waals surface area contributed by atoms with Gasteiger partial charge in [-0.25, -0.2) is 0 Å². The summed E-state index contributed by atoms with van der Waals surface area (Å²) in [7, 11) is 0. The second-order valence-electron chi connectivity index (χ2n) is 7.23. The van der Waals surface area contributed by atoms with Crippen LogP contribution in [0.1, 0.15) is 22.4 Å². The Hall–Kier alpha value is -3.68. The van der Waals surface area contributed by atoms with E-state index in [9.17, 15) is 9.90 Å². The predicted molar refractivity (Wildman–Crippen MR) is 117 cm³/mol. The highest BCUT2D eigenvalue weighted by Gasteiger charge is 2.13. The Kier molecular flexibility index (Phi) is 5.97. The minimum absolute atomic E-state index is 0.120. The van der Waals surface area contributed by atoms with Crippen molar-refractivity contribution in [1.29, 1.82) is 0 Å². The number of nitrogens with zero attached hydrogens (tertiary/aromatic N) is 1. The van der Waals surface area contributed by atoms with Crippen LogP contribution in [0.5, 0.6) is 5.75 Å². The fourth-order valence-corrected chi connectivity index (χ4v) is 3.53. The maximum Gasteiger partial charge on any atom is 0.307 e. The molecule has 0 bridgehead atoms. The van der Waals surface area contributed by atoms with E-state index in [1.165, 1.54) is 0 Å². The minimum atomic E-state index is -0.916. The number of rotatable bonds is 8. The molecule has 0 aliphatic rings. The van der Waals surface area contributed by atoms with Gasteiger partial charge >= 0.3 is 5.97 Å². The lowest BCUT2D eigenvalue weighted by atomic mass is 10.0. The van der Waals surface area contributed by atoms with Crippen LogP contribution in [-0.2, 0) is 30.9 Å². The molecule has 0 spiro atoms. The van der Waals surface area contributed by atoms with E-state index in [0.717, 1.165) is 38.9 Å². The van der Waals surface area contributed by atoms with Gasteiger partial charge in [-0.15, -0.1) is 0 Å². The average Bonchev–Trinajstić information content (AvgIpc) is 3.26. The molecule has 31 heavy (non-hydrogen) atoms. The van der Waals surface area contributed by atoms with Crippen molar-refractivity contribution < 1.29 is 19.1 Å². The zero-order chi connectivity index (χ0) is 21.8. The molecule has 4 rings (SSSR count). The summed E-state index contributed by atoms with van der Waals surface area (Å²) in [4.78, 5) is 15.5. The number of benzene rings is 2. The molecule has 2 heterocycles. The van der Waals surface area contributed by atoms with Crippen LogP contribution in [-0.4, -0.2) is 16.1 Å². The number of carbonyl (C=O) groups is 1. The Morgan fingerprint density at radius 3 is 2.68 bits per heavy atom. The highest BCUT2D eigenvalue weighted by atomic mass is 16.5. The van der Waals surface area contributed by atoms with Crippen molar-refractivity contribution in [3.8, 4) is 16.9 Å². The molecular formula is C24H23N3O4. The molecule has 0 saturated carbocycles. The number of furan rings is 1. The van der Waals surface area contributed by atoms with E-state index in [1.54, 1.807) is 24.6 Å². The second kappa shape index (κ2) is 8.99. The largest absolute Gasteiger partial charge is 0.489 e. The number of hydrogen-bond donors (Lipinski definition) is 3. The average molecular weight is 417 g/mol. The molecule has 0 fully saturated rings. The molecule has 5 N–H and O–H groups in total. The number of carboxylic acids is 1. The summed E-state index contributed by atoms with van der Waals surface area (Å²) < 4.78 is 11.8. The maximum atomic E-state index is 11.2. The fraction of sp³-hybridized carbons (Fsp3) is 0.167. The van der Waals surface area contributed by atoms with Crippen LogP contribution in [0.2, 0.25) is 0 Å². The third-order valence-corrected chi connectivity index (χ3v) is 5.05. The van der Waals surface area contributed by atoms with E-state index >= 15 is 0 Å². The number of ether oxygens (including phenoxy) is 1. The highest BCUT2D eigenvalue weighted by molar-refractivity contribution is 5.93. The van der Waals surface area contributed by atoms with Crippen LogP contribution in [0.4, 0.5) is 0 Å². The molecule has 0 amide bonds. The summed E-state index contributed by atoms with van der Waals surface area (Å²) in [6, 6.07) is 15.1. The molecule has 0 unspecified atom stereocenters. The van der Waals surface area contributed by atoms with Gasteiger partial charge < -0.3 is 25.7 Å². The molecule has 0 aliphatic carbocycles. The highest BCUT2D eigenvalue weighted by Crippen LogP contribution is 2.32. The lowest BCUT2D eigenvalue weighted by Crippen LogP contribution is -2.06. The summed E-state index contributed by atoms with van der Waals surface area (Å²) in [6.07, 6.45) is 3.26. The molecule has 4 aromatic rings. The van der Waals surface area contributed by atoms with Gasteiger partial charge in [0.15, 0.2) is 0 Å².